The van der Waals surface area contributed by atoms with E-state index in [0.29, 0.717) is 5.41 Å². The lowest BCUT2D eigenvalue weighted by Crippen LogP contribution is -2.72. The standard InChI is InChI=1S/C16H32N4/c1-7-19-9-8-13(11-19)10-18-14(17-6)20-12-15(2,3)16(20,4)5/h13H,7-12H2,1-6H3,(H,17,18). The first kappa shape index (κ1) is 15.6. The highest BCUT2D eigenvalue weighted by Crippen LogP contribution is 2.46. The van der Waals surface area contributed by atoms with Crippen molar-refractivity contribution in [3.8, 4) is 0 Å². The number of rotatable bonds is 3. The number of hydrogen-bond acceptors (Lipinski definition) is 2. The normalized spacial score (nSPS) is 29.4. The van der Waals surface area contributed by atoms with Gasteiger partial charge in [0.05, 0.1) is 0 Å². The van der Waals surface area contributed by atoms with Gasteiger partial charge >= 0.3 is 0 Å². The average molecular weight is 280 g/mol. The van der Waals surface area contributed by atoms with Crippen molar-refractivity contribution in [1.82, 2.24) is 15.1 Å². The molecule has 4 nitrogen and oxygen atoms in total. The van der Waals surface area contributed by atoms with Gasteiger partial charge in [0, 0.05) is 37.6 Å². The molecule has 0 amide bonds. The predicted octanol–water partition coefficient (Wildman–Crippen LogP) is 2.02. The summed E-state index contributed by atoms with van der Waals surface area (Å²) in [6, 6.07) is 0. The fourth-order valence-corrected chi connectivity index (χ4v) is 3.30. The lowest BCUT2D eigenvalue weighted by molar-refractivity contribution is -0.0668. The topological polar surface area (TPSA) is 30.9 Å². The monoisotopic (exact) mass is 280 g/mol. The molecule has 2 aliphatic heterocycles. The Bertz CT molecular complexity index is 373. The predicted molar refractivity (Wildman–Crippen MR) is 86.1 cm³/mol. The Morgan fingerprint density at radius 3 is 2.45 bits per heavy atom. The molecule has 2 fully saturated rings. The van der Waals surface area contributed by atoms with Crippen LogP contribution in [0.1, 0.15) is 41.0 Å². The minimum atomic E-state index is 0.181. The minimum absolute atomic E-state index is 0.181. The molecule has 1 N–H and O–H groups in total. The van der Waals surface area contributed by atoms with Crippen molar-refractivity contribution in [2.75, 3.05) is 39.8 Å². The Morgan fingerprint density at radius 2 is 2.00 bits per heavy atom. The van der Waals surface area contributed by atoms with Gasteiger partial charge < -0.3 is 15.1 Å². The molecular formula is C16H32N4. The summed E-state index contributed by atoms with van der Waals surface area (Å²) in [5.74, 6) is 1.84. The second kappa shape index (κ2) is 5.55. The van der Waals surface area contributed by atoms with E-state index in [2.05, 4.69) is 54.7 Å². The van der Waals surface area contributed by atoms with E-state index in [1.54, 1.807) is 0 Å². The fourth-order valence-electron chi connectivity index (χ4n) is 3.30. The van der Waals surface area contributed by atoms with Gasteiger partial charge in [0.2, 0.25) is 0 Å². The third-order valence-electron chi connectivity index (χ3n) is 5.72. The smallest absolute Gasteiger partial charge is 0.194 e. The van der Waals surface area contributed by atoms with Crippen molar-refractivity contribution in [3.63, 3.8) is 0 Å². The summed E-state index contributed by atoms with van der Waals surface area (Å²) in [6.45, 7) is 17.4. The zero-order valence-corrected chi connectivity index (χ0v) is 14.2. The van der Waals surface area contributed by atoms with Gasteiger partial charge in [0.25, 0.3) is 0 Å². The summed E-state index contributed by atoms with van der Waals surface area (Å²) in [6.07, 6.45) is 1.31. The lowest BCUT2D eigenvalue weighted by Gasteiger charge is -2.62. The second-order valence-electron chi connectivity index (χ2n) is 7.51. The number of aliphatic imine (C=N–C) groups is 1. The molecule has 4 heteroatoms. The van der Waals surface area contributed by atoms with Crippen LogP contribution in [-0.2, 0) is 0 Å². The van der Waals surface area contributed by atoms with E-state index >= 15 is 0 Å². The molecule has 0 aliphatic carbocycles. The number of guanidine groups is 1. The molecule has 2 heterocycles. The molecule has 0 aromatic carbocycles. The third-order valence-corrected chi connectivity index (χ3v) is 5.72. The first-order valence-corrected chi connectivity index (χ1v) is 8.02. The number of nitrogens with one attached hydrogen (secondary N) is 1. The van der Waals surface area contributed by atoms with Crippen LogP contribution in [0.4, 0.5) is 0 Å². The van der Waals surface area contributed by atoms with Crippen LogP contribution in [0.5, 0.6) is 0 Å². The largest absolute Gasteiger partial charge is 0.356 e. The highest BCUT2D eigenvalue weighted by atomic mass is 15.4. The van der Waals surface area contributed by atoms with Crippen LogP contribution in [-0.4, -0.2) is 61.1 Å². The summed E-state index contributed by atoms with van der Waals surface area (Å²) in [5, 5.41) is 3.60. The average Bonchev–Trinajstić information content (AvgIpc) is 2.86. The number of hydrogen-bond donors (Lipinski definition) is 1. The van der Waals surface area contributed by atoms with Crippen LogP contribution in [0.3, 0.4) is 0 Å². The molecule has 0 aromatic rings. The summed E-state index contributed by atoms with van der Waals surface area (Å²) in [5.41, 5.74) is 0.539. The van der Waals surface area contributed by atoms with Gasteiger partial charge in [0.1, 0.15) is 0 Å². The zero-order chi connectivity index (χ0) is 15.0. The van der Waals surface area contributed by atoms with E-state index in [9.17, 15) is 0 Å². The molecule has 0 aromatic heterocycles. The Kier molecular flexibility index (Phi) is 4.33. The van der Waals surface area contributed by atoms with E-state index in [0.717, 1.165) is 25.0 Å². The van der Waals surface area contributed by atoms with Crippen molar-refractivity contribution < 1.29 is 0 Å². The van der Waals surface area contributed by atoms with Crippen LogP contribution < -0.4 is 5.32 Å². The molecule has 0 saturated carbocycles. The van der Waals surface area contributed by atoms with Gasteiger partial charge in [-0.05, 0) is 39.3 Å². The molecular weight excluding hydrogens is 248 g/mol. The van der Waals surface area contributed by atoms with Crippen molar-refractivity contribution in [2.24, 2.45) is 16.3 Å². The summed E-state index contributed by atoms with van der Waals surface area (Å²) < 4.78 is 0. The van der Waals surface area contributed by atoms with Gasteiger partial charge in [0.15, 0.2) is 5.96 Å². The van der Waals surface area contributed by atoms with Crippen LogP contribution in [0, 0.1) is 11.3 Å². The number of likely N-dealkylation sites (tertiary alicyclic amines) is 2. The van der Waals surface area contributed by atoms with E-state index < -0.39 is 0 Å². The van der Waals surface area contributed by atoms with E-state index in [1.807, 2.05) is 7.05 Å². The maximum absolute atomic E-state index is 4.49. The van der Waals surface area contributed by atoms with Gasteiger partial charge in [-0.15, -0.1) is 0 Å². The van der Waals surface area contributed by atoms with E-state index in [1.165, 1.54) is 26.1 Å². The fraction of sp³-hybridized carbons (Fsp3) is 0.938. The lowest BCUT2D eigenvalue weighted by atomic mass is 9.65. The SMILES string of the molecule is CCN1CCC(CNC(=NC)N2CC(C)(C)C2(C)C)C1. The molecule has 1 atom stereocenters. The zero-order valence-electron chi connectivity index (χ0n) is 14.2. The Balaban J connectivity index is 1.86. The minimum Gasteiger partial charge on any atom is -0.356 e. The number of nitrogens with zero attached hydrogens (tertiary/aromatic N) is 3. The van der Waals surface area contributed by atoms with E-state index in [-0.39, 0.29) is 5.54 Å². The Morgan fingerprint density at radius 1 is 1.30 bits per heavy atom. The first-order valence-electron chi connectivity index (χ1n) is 8.02. The van der Waals surface area contributed by atoms with Crippen molar-refractivity contribution in [3.05, 3.63) is 0 Å². The molecule has 1 unspecified atom stereocenters. The van der Waals surface area contributed by atoms with Gasteiger partial charge in [-0.2, -0.15) is 0 Å². The summed E-state index contributed by atoms with van der Waals surface area (Å²) in [7, 11) is 1.90. The molecule has 0 bridgehead atoms. The Labute approximate surface area is 124 Å². The molecule has 2 saturated heterocycles. The van der Waals surface area contributed by atoms with E-state index in [4.69, 9.17) is 0 Å². The maximum atomic E-state index is 4.49. The highest BCUT2D eigenvalue weighted by Gasteiger charge is 2.53. The molecule has 0 radical (unpaired) electrons. The van der Waals surface area contributed by atoms with Gasteiger partial charge in [-0.25, -0.2) is 0 Å². The second-order valence-corrected chi connectivity index (χ2v) is 7.51. The van der Waals surface area contributed by atoms with Crippen molar-refractivity contribution in [1.29, 1.82) is 0 Å². The Hall–Kier alpha value is -0.770. The van der Waals surface area contributed by atoms with Crippen LogP contribution in [0.15, 0.2) is 4.99 Å². The van der Waals surface area contributed by atoms with Crippen LogP contribution in [0.2, 0.25) is 0 Å². The molecule has 20 heavy (non-hydrogen) atoms. The molecule has 2 rings (SSSR count). The quantitative estimate of drug-likeness (QED) is 0.634. The maximum Gasteiger partial charge on any atom is 0.194 e. The summed E-state index contributed by atoms with van der Waals surface area (Å²) in [4.78, 5) is 9.44. The van der Waals surface area contributed by atoms with Crippen LogP contribution >= 0.6 is 0 Å². The third kappa shape index (κ3) is 2.67. The highest BCUT2D eigenvalue weighted by molar-refractivity contribution is 5.82. The van der Waals surface area contributed by atoms with Crippen molar-refractivity contribution in [2.45, 2.75) is 46.6 Å². The molecule has 2 aliphatic rings. The first-order chi connectivity index (χ1) is 9.31. The van der Waals surface area contributed by atoms with Crippen LogP contribution in [0.25, 0.3) is 0 Å². The van der Waals surface area contributed by atoms with Crippen molar-refractivity contribution >= 4 is 5.96 Å². The molecule has 0 spiro atoms. The van der Waals surface area contributed by atoms with Gasteiger partial charge in [-0.1, -0.05) is 20.8 Å². The summed E-state index contributed by atoms with van der Waals surface area (Å²) >= 11 is 0. The molecule has 116 valence electrons. The van der Waals surface area contributed by atoms with Gasteiger partial charge in [-0.3, -0.25) is 4.99 Å².